The quantitative estimate of drug-likeness (QED) is 0.794. The van der Waals surface area contributed by atoms with Gasteiger partial charge in [0, 0.05) is 24.5 Å². The summed E-state index contributed by atoms with van der Waals surface area (Å²) in [5.74, 6) is 0. The number of nitrogens with two attached hydrogens (primary N) is 1. The molecule has 1 aliphatic heterocycles. The Morgan fingerprint density at radius 3 is 2.62 bits per heavy atom. The van der Waals surface area contributed by atoms with E-state index in [1.54, 1.807) is 4.90 Å². The molecule has 1 atom stereocenters. The molecule has 0 aromatic heterocycles. The van der Waals surface area contributed by atoms with Crippen molar-refractivity contribution in [3.8, 4) is 6.07 Å². The molecule has 1 heterocycles. The van der Waals surface area contributed by atoms with E-state index in [9.17, 15) is 10.1 Å². The number of carbonyl (C=O) groups is 1. The summed E-state index contributed by atoms with van der Waals surface area (Å²) in [6, 6.07) is 8.15. The van der Waals surface area contributed by atoms with Crippen LogP contribution in [0.5, 0.6) is 0 Å². The molecule has 24 heavy (non-hydrogen) atoms. The number of nitrogens with zero attached hydrogens (tertiary/aromatic N) is 2. The summed E-state index contributed by atoms with van der Waals surface area (Å²) in [6.45, 7) is 6.91. The molecule has 5 nitrogen and oxygen atoms in total. The summed E-state index contributed by atoms with van der Waals surface area (Å²) in [6.07, 6.45) is 2.22. The Hall–Kier alpha value is -2.06. The Labute approximate surface area is 143 Å². The van der Waals surface area contributed by atoms with Gasteiger partial charge < -0.3 is 15.4 Å². The molecular formula is C19H25N3O2. The van der Waals surface area contributed by atoms with Gasteiger partial charge in [0.05, 0.1) is 11.6 Å². The highest BCUT2D eigenvalue weighted by atomic mass is 16.6. The third kappa shape index (κ3) is 2.87. The highest BCUT2D eigenvalue weighted by Crippen LogP contribution is 2.46. The third-order valence-corrected chi connectivity index (χ3v) is 5.23. The van der Waals surface area contributed by atoms with Crippen molar-refractivity contribution in [2.75, 3.05) is 13.1 Å². The van der Waals surface area contributed by atoms with E-state index >= 15 is 0 Å². The van der Waals surface area contributed by atoms with Gasteiger partial charge in [-0.1, -0.05) is 6.07 Å². The molecule has 1 amide bonds. The number of amides is 1. The van der Waals surface area contributed by atoms with E-state index < -0.39 is 5.60 Å². The lowest BCUT2D eigenvalue weighted by Gasteiger charge is -2.42. The Morgan fingerprint density at radius 2 is 2.04 bits per heavy atom. The maximum atomic E-state index is 12.3. The summed E-state index contributed by atoms with van der Waals surface area (Å²) in [7, 11) is 0. The zero-order valence-electron chi connectivity index (χ0n) is 14.6. The van der Waals surface area contributed by atoms with Crippen LogP contribution in [0.4, 0.5) is 4.79 Å². The number of fused-ring (bicyclic) bond motifs is 2. The summed E-state index contributed by atoms with van der Waals surface area (Å²) < 4.78 is 5.47. The number of hydrogen-bond acceptors (Lipinski definition) is 4. The van der Waals surface area contributed by atoms with Crippen LogP contribution in [0.15, 0.2) is 18.2 Å². The minimum Gasteiger partial charge on any atom is -0.444 e. The number of piperidine rings is 1. The van der Waals surface area contributed by atoms with E-state index in [2.05, 4.69) is 6.07 Å². The van der Waals surface area contributed by atoms with Crippen molar-refractivity contribution >= 4 is 6.09 Å². The number of nitriles is 1. The molecule has 2 N–H and O–H groups in total. The molecule has 1 saturated heterocycles. The van der Waals surface area contributed by atoms with Crippen LogP contribution in [0.2, 0.25) is 0 Å². The van der Waals surface area contributed by atoms with Crippen LogP contribution in [-0.4, -0.2) is 35.7 Å². The van der Waals surface area contributed by atoms with Crippen molar-refractivity contribution in [3.63, 3.8) is 0 Å². The molecule has 2 aliphatic rings. The first-order chi connectivity index (χ1) is 11.2. The van der Waals surface area contributed by atoms with E-state index in [0.29, 0.717) is 18.7 Å². The monoisotopic (exact) mass is 327 g/mol. The zero-order valence-corrected chi connectivity index (χ0v) is 14.6. The summed E-state index contributed by atoms with van der Waals surface area (Å²) in [5, 5.41) is 9.19. The highest BCUT2D eigenvalue weighted by Gasteiger charge is 2.47. The van der Waals surface area contributed by atoms with E-state index in [1.807, 2.05) is 39.0 Å². The fourth-order valence-corrected chi connectivity index (χ4v) is 3.97. The number of likely N-dealkylation sites (tertiary alicyclic amines) is 1. The van der Waals surface area contributed by atoms with Crippen LogP contribution in [0.1, 0.15) is 50.3 Å². The predicted octanol–water partition coefficient (Wildman–Crippen LogP) is 2.71. The fraction of sp³-hybridized carbons (Fsp3) is 0.579. The van der Waals surface area contributed by atoms with Crippen molar-refractivity contribution in [3.05, 3.63) is 34.9 Å². The number of hydrogen-bond donors (Lipinski definition) is 1. The van der Waals surface area contributed by atoms with Gasteiger partial charge in [0.2, 0.25) is 0 Å². The lowest BCUT2D eigenvalue weighted by Crippen LogP contribution is -2.52. The van der Waals surface area contributed by atoms with E-state index in [-0.39, 0.29) is 17.6 Å². The van der Waals surface area contributed by atoms with Crippen LogP contribution >= 0.6 is 0 Å². The van der Waals surface area contributed by atoms with Crippen LogP contribution in [0, 0.1) is 11.3 Å². The first-order valence-electron chi connectivity index (χ1n) is 8.52. The topological polar surface area (TPSA) is 79.3 Å². The predicted molar refractivity (Wildman–Crippen MR) is 91.6 cm³/mol. The highest BCUT2D eigenvalue weighted by molar-refractivity contribution is 5.68. The maximum Gasteiger partial charge on any atom is 0.410 e. The molecule has 1 aliphatic carbocycles. The lowest BCUT2D eigenvalue weighted by molar-refractivity contribution is 0.0155. The normalized spacial score (nSPS) is 22.1. The molecule has 0 radical (unpaired) electrons. The Kier molecular flexibility index (Phi) is 4.05. The minimum atomic E-state index is -0.482. The molecule has 0 saturated carbocycles. The summed E-state index contributed by atoms with van der Waals surface area (Å²) in [5.41, 5.74) is 9.01. The van der Waals surface area contributed by atoms with Crippen molar-refractivity contribution in [1.82, 2.24) is 4.90 Å². The van der Waals surface area contributed by atoms with Crippen molar-refractivity contribution in [2.45, 2.75) is 57.1 Å². The molecule has 1 aromatic rings. The van der Waals surface area contributed by atoms with Gasteiger partial charge in [-0.15, -0.1) is 0 Å². The van der Waals surface area contributed by atoms with Crippen molar-refractivity contribution in [2.24, 2.45) is 5.73 Å². The molecule has 3 rings (SSSR count). The zero-order chi connectivity index (χ0) is 17.5. The number of ether oxygens (including phenoxy) is 1. The van der Waals surface area contributed by atoms with Gasteiger partial charge in [0.1, 0.15) is 5.60 Å². The summed E-state index contributed by atoms with van der Waals surface area (Å²) >= 11 is 0. The largest absolute Gasteiger partial charge is 0.444 e. The SMILES string of the molecule is CC(C)(C)OC(=O)N1CCC2(CC1)c1cc(C#N)ccc1CC2N. The molecule has 128 valence electrons. The van der Waals surface area contributed by atoms with Crippen LogP contribution in [0.3, 0.4) is 0 Å². The van der Waals surface area contributed by atoms with E-state index in [1.165, 1.54) is 11.1 Å². The van der Waals surface area contributed by atoms with Gasteiger partial charge in [0.15, 0.2) is 0 Å². The molecular weight excluding hydrogens is 302 g/mol. The van der Waals surface area contributed by atoms with Crippen LogP contribution in [0.25, 0.3) is 0 Å². The first-order valence-corrected chi connectivity index (χ1v) is 8.52. The smallest absolute Gasteiger partial charge is 0.410 e. The molecule has 0 bridgehead atoms. The number of rotatable bonds is 0. The van der Waals surface area contributed by atoms with Gasteiger partial charge in [-0.2, -0.15) is 5.26 Å². The minimum absolute atomic E-state index is 0.0437. The molecule has 1 fully saturated rings. The van der Waals surface area contributed by atoms with Gasteiger partial charge >= 0.3 is 6.09 Å². The van der Waals surface area contributed by atoms with Crippen molar-refractivity contribution in [1.29, 1.82) is 5.26 Å². The third-order valence-electron chi connectivity index (χ3n) is 5.23. The van der Waals surface area contributed by atoms with E-state index in [4.69, 9.17) is 10.5 Å². The fourth-order valence-electron chi connectivity index (χ4n) is 3.97. The average Bonchev–Trinajstić information content (AvgIpc) is 2.78. The lowest BCUT2D eigenvalue weighted by atomic mass is 9.71. The summed E-state index contributed by atoms with van der Waals surface area (Å²) in [4.78, 5) is 14.0. The molecule has 1 unspecified atom stereocenters. The van der Waals surface area contributed by atoms with Gasteiger partial charge in [-0.05, 0) is 63.3 Å². The van der Waals surface area contributed by atoms with Gasteiger partial charge in [0.25, 0.3) is 0 Å². The standard InChI is InChI=1S/C19H25N3O2/c1-18(2,3)24-17(23)22-8-6-19(7-9-22)15-10-13(12-20)4-5-14(15)11-16(19)21/h4-5,10,16H,6-9,11,21H2,1-3H3. The Balaban J connectivity index is 1.79. The number of carbonyl (C=O) groups excluding carboxylic acids is 1. The van der Waals surface area contributed by atoms with Crippen LogP contribution < -0.4 is 5.73 Å². The first kappa shape index (κ1) is 16.8. The van der Waals surface area contributed by atoms with Crippen LogP contribution in [-0.2, 0) is 16.6 Å². The van der Waals surface area contributed by atoms with E-state index in [0.717, 1.165) is 19.3 Å². The van der Waals surface area contributed by atoms with Gasteiger partial charge in [-0.3, -0.25) is 0 Å². The Bertz CT molecular complexity index is 692. The van der Waals surface area contributed by atoms with Crippen molar-refractivity contribution < 1.29 is 9.53 Å². The second kappa shape index (κ2) is 5.78. The second-order valence-electron chi connectivity index (χ2n) is 7.92. The molecule has 1 aromatic carbocycles. The number of benzene rings is 1. The maximum absolute atomic E-state index is 12.3. The molecule has 5 heteroatoms. The van der Waals surface area contributed by atoms with Gasteiger partial charge in [-0.25, -0.2) is 4.79 Å². The molecule has 1 spiro atoms. The Morgan fingerprint density at radius 1 is 1.38 bits per heavy atom. The average molecular weight is 327 g/mol. The second-order valence-corrected chi connectivity index (χ2v) is 7.92.